The summed E-state index contributed by atoms with van der Waals surface area (Å²) >= 11 is 0. The third-order valence-corrected chi connectivity index (χ3v) is 2.30. The molecule has 0 unspecified atom stereocenters. The van der Waals surface area contributed by atoms with Crippen LogP contribution in [0.25, 0.3) is 0 Å². The lowest BCUT2D eigenvalue weighted by molar-refractivity contribution is -0.384. The molecule has 0 radical (unpaired) electrons. The number of nitro groups is 1. The van der Waals surface area contributed by atoms with E-state index >= 15 is 0 Å². The molecule has 0 aliphatic rings. The van der Waals surface area contributed by atoms with E-state index in [1.807, 2.05) is 0 Å². The third kappa shape index (κ3) is 2.70. The second-order valence-corrected chi connectivity index (χ2v) is 3.67. The van der Waals surface area contributed by atoms with Gasteiger partial charge >= 0.3 is 5.69 Å². The van der Waals surface area contributed by atoms with E-state index in [-0.39, 0.29) is 11.5 Å². The van der Waals surface area contributed by atoms with Crippen LogP contribution in [0, 0.1) is 10.1 Å². The van der Waals surface area contributed by atoms with Gasteiger partial charge in [0.1, 0.15) is 11.7 Å². The van der Waals surface area contributed by atoms with Gasteiger partial charge in [0.25, 0.3) is 0 Å². The molecule has 4 N–H and O–H groups in total. The first-order chi connectivity index (χ1) is 7.98. The van der Waals surface area contributed by atoms with Gasteiger partial charge in [0.2, 0.25) is 5.82 Å². The molecule has 9 heteroatoms. The van der Waals surface area contributed by atoms with Crippen molar-refractivity contribution in [2.75, 3.05) is 25.1 Å². The number of nitrogens with zero attached hydrogens (tertiary/aromatic N) is 3. The number of nitrogens with one attached hydrogen (secondary N) is 1. The summed E-state index contributed by atoms with van der Waals surface area (Å²) in [7, 11) is 1.50. The maximum atomic E-state index is 10.7. The van der Waals surface area contributed by atoms with Crippen LogP contribution in [-0.4, -0.2) is 55.4 Å². The molecule has 1 aromatic heterocycles. The number of aromatic nitrogens is 2. The molecular formula is C8H14N4O5. The van der Waals surface area contributed by atoms with Crippen molar-refractivity contribution in [2.45, 2.75) is 5.54 Å². The van der Waals surface area contributed by atoms with E-state index in [1.165, 1.54) is 17.9 Å². The lowest BCUT2D eigenvalue weighted by Gasteiger charge is -2.28. The molecule has 0 saturated heterocycles. The number of aliphatic hydroxyl groups is 3. The Hall–Kier alpha value is -1.71. The van der Waals surface area contributed by atoms with E-state index in [4.69, 9.17) is 15.3 Å². The molecule has 1 aromatic rings. The smallest absolute Gasteiger partial charge is 0.330 e. The summed E-state index contributed by atoms with van der Waals surface area (Å²) in [6.45, 7) is -1.77. The van der Waals surface area contributed by atoms with Crippen LogP contribution in [-0.2, 0) is 7.05 Å². The van der Waals surface area contributed by atoms with Crippen LogP contribution < -0.4 is 5.32 Å². The number of hydrogen-bond acceptors (Lipinski definition) is 7. The quantitative estimate of drug-likeness (QED) is 0.353. The summed E-state index contributed by atoms with van der Waals surface area (Å²) in [6, 6.07) is 0. The van der Waals surface area contributed by atoms with E-state index in [2.05, 4.69) is 10.4 Å². The molecule has 0 bridgehead atoms. The van der Waals surface area contributed by atoms with Gasteiger partial charge in [0.15, 0.2) is 0 Å². The highest BCUT2D eigenvalue weighted by Crippen LogP contribution is 2.24. The predicted molar refractivity (Wildman–Crippen MR) is 57.5 cm³/mol. The van der Waals surface area contributed by atoms with Crippen LogP contribution in [0.4, 0.5) is 11.5 Å². The van der Waals surface area contributed by atoms with Crippen molar-refractivity contribution in [1.82, 2.24) is 9.78 Å². The molecular weight excluding hydrogens is 232 g/mol. The average molecular weight is 246 g/mol. The Labute approximate surface area is 96.4 Å². The molecule has 9 nitrogen and oxygen atoms in total. The molecule has 0 aliphatic heterocycles. The van der Waals surface area contributed by atoms with E-state index in [1.54, 1.807) is 0 Å². The fourth-order valence-corrected chi connectivity index (χ4v) is 1.22. The molecule has 1 rings (SSSR count). The number of aliphatic hydroxyl groups excluding tert-OH is 3. The highest BCUT2D eigenvalue weighted by molar-refractivity contribution is 5.56. The summed E-state index contributed by atoms with van der Waals surface area (Å²) in [6.07, 6.45) is 1.18. The van der Waals surface area contributed by atoms with Crippen molar-refractivity contribution >= 4 is 11.5 Å². The molecule has 0 saturated carbocycles. The normalized spacial score (nSPS) is 11.5. The molecule has 0 aliphatic carbocycles. The SMILES string of the molecule is Cn1cc([N+](=O)[O-])c(NC(CO)(CO)CO)n1. The summed E-state index contributed by atoms with van der Waals surface area (Å²) < 4.78 is 1.22. The summed E-state index contributed by atoms with van der Waals surface area (Å²) in [5.74, 6) is -0.116. The van der Waals surface area contributed by atoms with Gasteiger partial charge in [-0.25, -0.2) is 0 Å². The first-order valence-corrected chi connectivity index (χ1v) is 4.77. The van der Waals surface area contributed by atoms with E-state index < -0.39 is 30.3 Å². The van der Waals surface area contributed by atoms with E-state index in [9.17, 15) is 10.1 Å². The molecule has 17 heavy (non-hydrogen) atoms. The molecule has 0 aromatic carbocycles. The first-order valence-electron chi connectivity index (χ1n) is 4.77. The maximum absolute atomic E-state index is 10.7. The molecule has 0 atom stereocenters. The highest BCUT2D eigenvalue weighted by Gasteiger charge is 2.32. The predicted octanol–water partition coefficient (Wildman–Crippen LogP) is -1.54. The Kier molecular flexibility index (Phi) is 3.99. The standard InChI is InChI=1S/C8H14N4O5/c1-11-2-6(12(16)17)7(10-11)9-8(3-13,4-14)5-15/h2,13-15H,3-5H2,1H3,(H,9,10). The van der Waals surface area contributed by atoms with E-state index in [0.717, 1.165) is 0 Å². The molecule has 0 fully saturated rings. The number of anilines is 1. The maximum Gasteiger partial charge on any atom is 0.330 e. The molecule has 1 heterocycles. The summed E-state index contributed by atoms with van der Waals surface area (Å²) in [5.41, 5.74) is -1.74. The van der Waals surface area contributed by atoms with Crippen LogP contribution in [0.3, 0.4) is 0 Å². The second kappa shape index (κ2) is 5.08. The van der Waals surface area contributed by atoms with Crippen molar-refractivity contribution in [1.29, 1.82) is 0 Å². The van der Waals surface area contributed by atoms with Crippen molar-refractivity contribution in [3.8, 4) is 0 Å². The monoisotopic (exact) mass is 246 g/mol. The summed E-state index contributed by atoms with van der Waals surface area (Å²) in [5, 5.41) is 44.3. The zero-order chi connectivity index (χ0) is 13.1. The van der Waals surface area contributed by atoms with Crippen LogP contribution in [0.5, 0.6) is 0 Å². The minimum atomic E-state index is -1.45. The van der Waals surface area contributed by atoms with Gasteiger partial charge in [-0.2, -0.15) is 0 Å². The Morgan fingerprint density at radius 3 is 2.41 bits per heavy atom. The van der Waals surface area contributed by atoms with Crippen LogP contribution in [0.2, 0.25) is 0 Å². The number of aryl methyl sites for hydroxylation is 1. The Balaban J connectivity index is 3.04. The van der Waals surface area contributed by atoms with Gasteiger partial charge in [0, 0.05) is 7.05 Å². The summed E-state index contributed by atoms with van der Waals surface area (Å²) in [4.78, 5) is 10.1. The zero-order valence-electron chi connectivity index (χ0n) is 9.20. The first kappa shape index (κ1) is 13.4. The van der Waals surface area contributed by atoms with Crippen LogP contribution in [0.1, 0.15) is 0 Å². The topological polar surface area (TPSA) is 134 Å². The third-order valence-electron chi connectivity index (χ3n) is 2.30. The van der Waals surface area contributed by atoms with Gasteiger partial charge in [-0.15, -0.1) is 5.10 Å². The largest absolute Gasteiger partial charge is 0.394 e. The van der Waals surface area contributed by atoms with Crippen molar-refractivity contribution in [3.05, 3.63) is 16.3 Å². The fraction of sp³-hybridized carbons (Fsp3) is 0.625. The van der Waals surface area contributed by atoms with Crippen molar-refractivity contribution in [3.63, 3.8) is 0 Å². The molecule has 96 valence electrons. The van der Waals surface area contributed by atoms with Crippen molar-refractivity contribution < 1.29 is 20.2 Å². The second-order valence-electron chi connectivity index (χ2n) is 3.67. The zero-order valence-corrected chi connectivity index (χ0v) is 9.20. The van der Waals surface area contributed by atoms with Gasteiger partial charge in [-0.1, -0.05) is 0 Å². The van der Waals surface area contributed by atoms with Crippen molar-refractivity contribution in [2.24, 2.45) is 7.05 Å². The Morgan fingerprint density at radius 1 is 1.47 bits per heavy atom. The molecule has 0 spiro atoms. The lowest BCUT2D eigenvalue weighted by atomic mass is 10.0. The van der Waals surface area contributed by atoms with Crippen LogP contribution in [0.15, 0.2) is 6.20 Å². The van der Waals surface area contributed by atoms with Gasteiger partial charge < -0.3 is 20.6 Å². The van der Waals surface area contributed by atoms with Crippen LogP contribution >= 0.6 is 0 Å². The minimum absolute atomic E-state index is 0.116. The average Bonchev–Trinajstić information content (AvgIpc) is 2.67. The minimum Gasteiger partial charge on any atom is -0.394 e. The fourth-order valence-electron chi connectivity index (χ4n) is 1.22. The number of hydrogen-bond donors (Lipinski definition) is 4. The van der Waals surface area contributed by atoms with E-state index in [0.29, 0.717) is 0 Å². The van der Waals surface area contributed by atoms with Gasteiger partial charge in [0.05, 0.1) is 24.7 Å². The van der Waals surface area contributed by atoms with Gasteiger partial charge in [-0.05, 0) is 0 Å². The number of rotatable bonds is 6. The Morgan fingerprint density at radius 2 is 2.00 bits per heavy atom. The Bertz CT molecular complexity index is 392. The lowest BCUT2D eigenvalue weighted by Crippen LogP contribution is -2.49. The van der Waals surface area contributed by atoms with Gasteiger partial charge in [-0.3, -0.25) is 14.8 Å². The highest BCUT2D eigenvalue weighted by atomic mass is 16.6. The molecule has 0 amide bonds.